The zero-order chi connectivity index (χ0) is 25.1. The summed E-state index contributed by atoms with van der Waals surface area (Å²) in [5.41, 5.74) is 11.8. The van der Waals surface area contributed by atoms with Gasteiger partial charge in [0.05, 0.1) is 12.1 Å². The van der Waals surface area contributed by atoms with Crippen molar-refractivity contribution in [1.82, 2.24) is 16.0 Å². The topological polar surface area (TPSA) is 214 Å². The molecule has 1 aromatic rings. The van der Waals surface area contributed by atoms with E-state index in [1.165, 1.54) is 13.8 Å². The van der Waals surface area contributed by atoms with E-state index >= 15 is 0 Å². The first-order chi connectivity index (χ1) is 15.4. The third kappa shape index (κ3) is 9.66. The van der Waals surface area contributed by atoms with Crippen LogP contribution in [0, 0.1) is 0 Å². The molecule has 0 heterocycles. The summed E-state index contributed by atoms with van der Waals surface area (Å²) in [7, 11) is 0. The molecule has 182 valence electrons. The Kier molecular flexibility index (Phi) is 11.0. The van der Waals surface area contributed by atoms with Crippen LogP contribution in [0.1, 0.15) is 32.3 Å². The molecule has 9 N–H and O–H groups in total. The molecule has 0 saturated heterocycles. The number of aliphatic hydroxyl groups excluding tert-OH is 1. The fourth-order valence-electron chi connectivity index (χ4n) is 2.84. The van der Waals surface area contributed by atoms with Crippen LogP contribution in [0.2, 0.25) is 0 Å². The number of carbonyl (C=O) groups excluding carboxylic acids is 4. The fraction of sp³-hybridized carbons (Fsp3) is 0.476. The van der Waals surface area contributed by atoms with Crippen molar-refractivity contribution in [2.75, 3.05) is 0 Å². The van der Waals surface area contributed by atoms with Gasteiger partial charge in [-0.3, -0.25) is 19.2 Å². The highest BCUT2D eigenvalue weighted by atomic mass is 16.4. The second-order valence-corrected chi connectivity index (χ2v) is 7.66. The normalized spacial score (nSPS) is 15.3. The quantitative estimate of drug-likeness (QED) is 0.169. The van der Waals surface area contributed by atoms with Gasteiger partial charge in [-0.15, -0.1) is 0 Å². The van der Waals surface area contributed by atoms with Gasteiger partial charge in [0.1, 0.15) is 12.1 Å². The van der Waals surface area contributed by atoms with Crippen molar-refractivity contribution in [3.63, 3.8) is 0 Å². The van der Waals surface area contributed by atoms with Gasteiger partial charge in [0.25, 0.3) is 0 Å². The predicted molar refractivity (Wildman–Crippen MR) is 117 cm³/mol. The number of hydrogen-bond donors (Lipinski definition) is 7. The maximum atomic E-state index is 12.5. The van der Waals surface area contributed by atoms with Crippen LogP contribution in [0.25, 0.3) is 0 Å². The van der Waals surface area contributed by atoms with Crippen LogP contribution >= 0.6 is 0 Å². The number of amides is 4. The molecular formula is C21H31N5O7. The summed E-state index contributed by atoms with van der Waals surface area (Å²) in [6.07, 6.45) is -1.65. The lowest BCUT2D eigenvalue weighted by Crippen LogP contribution is -2.57. The second kappa shape index (κ2) is 13.1. The minimum absolute atomic E-state index is 0.215. The fourth-order valence-corrected chi connectivity index (χ4v) is 2.84. The summed E-state index contributed by atoms with van der Waals surface area (Å²) in [5, 5.41) is 25.6. The number of nitrogens with two attached hydrogens (primary N) is 2. The molecule has 5 atom stereocenters. The molecule has 0 fully saturated rings. The van der Waals surface area contributed by atoms with Crippen molar-refractivity contribution in [1.29, 1.82) is 0 Å². The van der Waals surface area contributed by atoms with Crippen molar-refractivity contribution >= 4 is 29.6 Å². The van der Waals surface area contributed by atoms with Crippen LogP contribution < -0.4 is 27.4 Å². The number of primary amides is 1. The molecule has 5 unspecified atom stereocenters. The zero-order valence-corrected chi connectivity index (χ0v) is 18.5. The van der Waals surface area contributed by atoms with Crippen molar-refractivity contribution in [3.05, 3.63) is 35.9 Å². The van der Waals surface area contributed by atoms with Crippen LogP contribution in [0.3, 0.4) is 0 Å². The lowest BCUT2D eigenvalue weighted by Gasteiger charge is -2.24. The number of nitrogens with one attached hydrogen (secondary N) is 3. The number of aliphatic hydroxyl groups is 1. The highest BCUT2D eigenvalue weighted by Crippen LogP contribution is 2.04. The molecule has 0 aliphatic carbocycles. The van der Waals surface area contributed by atoms with Gasteiger partial charge in [0.15, 0.2) is 6.04 Å². The first-order valence-corrected chi connectivity index (χ1v) is 10.3. The average molecular weight is 466 g/mol. The summed E-state index contributed by atoms with van der Waals surface area (Å²) in [6, 6.07) is 4.09. The molecule has 0 spiro atoms. The maximum absolute atomic E-state index is 12.5. The second-order valence-electron chi connectivity index (χ2n) is 7.66. The Morgan fingerprint density at radius 2 is 1.55 bits per heavy atom. The number of aliphatic carboxylic acids is 1. The molecule has 0 aromatic heterocycles. The molecule has 1 aromatic carbocycles. The molecule has 0 aliphatic rings. The lowest BCUT2D eigenvalue weighted by atomic mass is 10.1. The lowest BCUT2D eigenvalue weighted by molar-refractivity contribution is -0.145. The molecule has 4 amide bonds. The molecule has 1 rings (SSSR count). The summed E-state index contributed by atoms with van der Waals surface area (Å²) in [6.45, 7) is 2.55. The molecule has 0 saturated carbocycles. The predicted octanol–water partition coefficient (Wildman–Crippen LogP) is -2.24. The molecule has 12 nitrogen and oxygen atoms in total. The Morgan fingerprint density at radius 1 is 0.939 bits per heavy atom. The maximum Gasteiger partial charge on any atom is 0.328 e. The number of carboxylic acid groups (broad SMARTS) is 1. The smallest absolute Gasteiger partial charge is 0.328 e. The van der Waals surface area contributed by atoms with Gasteiger partial charge >= 0.3 is 5.97 Å². The van der Waals surface area contributed by atoms with Crippen LogP contribution in [0.15, 0.2) is 30.3 Å². The highest BCUT2D eigenvalue weighted by molar-refractivity contribution is 5.94. The van der Waals surface area contributed by atoms with E-state index in [2.05, 4.69) is 16.0 Å². The molecule has 0 radical (unpaired) electrons. The SMILES string of the molecule is CC(NC(=O)C(N)Cc1ccccc1)C(=O)NC(CCC(N)=O)C(=O)NC(C(=O)O)C(C)O. The summed E-state index contributed by atoms with van der Waals surface area (Å²) >= 11 is 0. The number of hydrogen-bond acceptors (Lipinski definition) is 7. The van der Waals surface area contributed by atoms with E-state index in [0.29, 0.717) is 0 Å². The van der Waals surface area contributed by atoms with E-state index in [4.69, 9.17) is 16.6 Å². The van der Waals surface area contributed by atoms with Gasteiger partial charge in [0, 0.05) is 6.42 Å². The molecular weight excluding hydrogens is 434 g/mol. The van der Waals surface area contributed by atoms with Gasteiger partial charge in [-0.2, -0.15) is 0 Å². The Balaban J connectivity index is 2.77. The van der Waals surface area contributed by atoms with Gasteiger partial charge in [-0.05, 0) is 32.3 Å². The molecule has 33 heavy (non-hydrogen) atoms. The largest absolute Gasteiger partial charge is 0.480 e. The minimum Gasteiger partial charge on any atom is -0.480 e. The van der Waals surface area contributed by atoms with E-state index < -0.39 is 59.9 Å². The Bertz CT molecular complexity index is 847. The van der Waals surface area contributed by atoms with E-state index in [0.717, 1.165) is 5.56 Å². The Morgan fingerprint density at radius 3 is 2.06 bits per heavy atom. The summed E-state index contributed by atoms with van der Waals surface area (Å²) in [4.78, 5) is 59.7. The Hall–Kier alpha value is -3.51. The van der Waals surface area contributed by atoms with Crippen molar-refractivity contribution in [3.8, 4) is 0 Å². The van der Waals surface area contributed by atoms with Gasteiger partial charge in [-0.1, -0.05) is 30.3 Å². The molecule has 0 aliphatic heterocycles. The molecule has 12 heteroatoms. The van der Waals surface area contributed by atoms with Gasteiger partial charge in [0.2, 0.25) is 23.6 Å². The Labute approximate surface area is 191 Å². The number of carbonyl (C=O) groups is 5. The van der Waals surface area contributed by atoms with E-state index in [-0.39, 0.29) is 19.3 Å². The van der Waals surface area contributed by atoms with E-state index in [9.17, 15) is 29.1 Å². The third-order valence-electron chi connectivity index (χ3n) is 4.75. The van der Waals surface area contributed by atoms with Crippen LogP contribution in [-0.2, 0) is 30.4 Å². The van der Waals surface area contributed by atoms with E-state index in [1.54, 1.807) is 12.1 Å². The van der Waals surface area contributed by atoms with Crippen molar-refractivity contribution < 1.29 is 34.2 Å². The molecule has 0 bridgehead atoms. The third-order valence-corrected chi connectivity index (χ3v) is 4.75. The average Bonchev–Trinajstić information content (AvgIpc) is 2.74. The summed E-state index contributed by atoms with van der Waals surface area (Å²) < 4.78 is 0. The van der Waals surface area contributed by atoms with Crippen LogP contribution in [0.4, 0.5) is 0 Å². The summed E-state index contributed by atoms with van der Waals surface area (Å²) in [5.74, 6) is -4.49. The number of carboxylic acids is 1. The minimum atomic E-state index is -1.63. The first kappa shape index (κ1) is 27.5. The highest BCUT2D eigenvalue weighted by Gasteiger charge is 2.31. The van der Waals surface area contributed by atoms with E-state index in [1.807, 2.05) is 18.2 Å². The van der Waals surface area contributed by atoms with Crippen molar-refractivity contribution in [2.45, 2.75) is 63.4 Å². The van der Waals surface area contributed by atoms with Gasteiger partial charge in [-0.25, -0.2) is 4.79 Å². The van der Waals surface area contributed by atoms with Crippen molar-refractivity contribution in [2.24, 2.45) is 11.5 Å². The monoisotopic (exact) mass is 465 g/mol. The standard InChI is InChI=1S/C21H31N5O7/c1-11(24-19(30)14(22)10-13-6-4-3-5-7-13)18(29)25-15(8-9-16(23)28)20(31)26-17(12(2)27)21(32)33/h3-7,11-12,14-15,17,27H,8-10,22H2,1-2H3,(H2,23,28)(H,24,30)(H,25,29)(H,26,31)(H,32,33). The number of benzene rings is 1. The zero-order valence-electron chi connectivity index (χ0n) is 18.5. The van der Waals surface area contributed by atoms with Gasteiger partial charge < -0.3 is 37.6 Å². The number of rotatable bonds is 13. The first-order valence-electron chi connectivity index (χ1n) is 10.3. The van der Waals surface area contributed by atoms with Crippen LogP contribution in [-0.4, -0.2) is 70.1 Å². The van der Waals surface area contributed by atoms with Crippen LogP contribution in [0.5, 0.6) is 0 Å².